The van der Waals surface area contributed by atoms with Crippen LogP contribution in [0.3, 0.4) is 0 Å². The number of fused-ring (bicyclic) bond motifs is 3. The molecule has 2 bridgehead atoms. The molecule has 6 rings (SSSR count). The molecular weight excluding hydrogens is 292 g/mol. The van der Waals surface area contributed by atoms with Crippen molar-refractivity contribution < 1.29 is 4.79 Å². The van der Waals surface area contributed by atoms with E-state index >= 15 is 0 Å². The summed E-state index contributed by atoms with van der Waals surface area (Å²) in [6, 6.07) is 8.06. The van der Waals surface area contributed by atoms with Gasteiger partial charge in [0.05, 0.1) is 10.2 Å². The van der Waals surface area contributed by atoms with Crippen molar-refractivity contribution in [1.82, 2.24) is 9.88 Å². The first-order chi connectivity index (χ1) is 10.8. The number of para-hydroxylation sites is 1. The van der Waals surface area contributed by atoms with E-state index in [1.54, 1.807) is 11.3 Å². The lowest BCUT2D eigenvalue weighted by Crippen LogP contribution is -2.57. The third kappa shape index (κ3) is 1.83. The molecular formula is C18H20N2OS. The Morgan fingerprint density at radius 1 is 1.27 bits per heavy atom. The Hall–Kier alpha value is -1.26. The molecule has 0 N–H and O–H groups in total. The highest BCUT2D eigenvalue weighted by molar-refractivity contribution is 7.20. The molecule has 22 heavy (non-hydrogen) atoms. The zero-order chi connectivity index (χ0) is 14.7. The Balaban J connectivity index is 1.42. The predicted molar refractivity (Wildman–Crippen MR) is 88.3 cm³/mol. The molecule has 3 nitrogen and oxygen atoms in total. The summed E-state index contributed by atoms with van der Waals surface area (Å²) in [6.07, 6.45) is 5.91. The van der Waals surface area contributed by atoms with Gasteiger partial charge >= 0.3 is 0 Å². The van der Waals surface area contributed by atoms with Crippen LogP contribution in [0.4, 0.5) is 0 Å². The standard InChI is InChI=1S/C18H20N2OS/c21-15(17-19-14-3-1-2-4-16(14)22-17)11-13-12-5-9-20(10-6-12)18(13)7-8-18/h1-4,12-13H,5-11H2/t13-/m0/s1. The summed E-state index contributed by atoms with van der Waals surface area (Å²) in [5.41, 5.74) is 1.36. The summed E-state index contributed by atoms with van der Waals surface area (Å²) < 4.78 is 1.13. The van der Waals surface area contributed by atoms with Gasteiger partial charge in [-0.25, -0.2) is 4.98 Å². The fraction of sp³-hybridized carbons (Fsp3) is 0.556. The van der Waals surface area contributed by atoms with E-state index in [1.807, 2.05) is 18.2 Å². The first kappa shape index (κ1) is 13.2. The highest BCUT2D eigenvalue weighted by Gasteiger charge is 2.60. The number of piperidine rings is 3. The van der Waals surface area contributed by atoms with E-state index in [9.17, 15) is 4.79 Å². The lowest BCUT2D eigenvalue weighted by atomic mass is 9.70. The van der Waals surface area contributed by atoms with Crippen LogP contribution in [0.5, 0.6) is 0 Å². The van der Waals surface area contributed by atoms with Crippen LogP contribution in [0.15, 0.2) is 24.3 Å². The maximum absolute atomic E-state index is 12.8. The van der Waals surface area contributed by atoms with E-state index in [0.717, 1.165) is 16.1 Å². The molecule has 1 aromatic heterocycles. The third-order valence-electron chi connectivity index (χ3n) is 6.13. The summed E-state index contributed by atoms with van der Waals surface area (Å²) in [6.45, 7) is 2.52. The number of rotatable bonds is 3. The molecule has 4 fully saturated rings. The van der Waals surface area contributed by atoms with Gasteiger partial charge in [-0.15, -0.1) is 11.3 Å². The van der Waals surface area contributed by atoms with Crippen LogP contribution in [-0.2, 0) is 0 Å². The van der Waals surface area contributed by atoms with Crippen LogP contribution in [0.25, 0.3) is 10.2 Å². The molecule has 114 valence electrons. The first-order valence-corrected chi connectivity index (χ1v) is 9.22. The van der Waals surface area contributed by atoms with Crippen molar-refractivity contribution >= 4 is 27.3 Å². The monoisotopic (exact) mass is 312 g/mol. The van der Waals surface area contributed by atoms with Crippen LogP contribution >= 0.6 is 11.3 Å². The fourth-order valence-corrected chi connectivity index (χ4v) is 5.78. The SMILES string of the molecule is O=C(C[C@H]1C2CCN(CC2)C12CC2)c1nc2ccccc2s1. The predicted octanol–water partition coefficient (Wildman–Crippen LogP) is 3.74. The summed E-state index contributed by atoms with van der Waals surface area (Å²) in [5, 5.41) is 0.716. The van der Waals surface area contributed by atoms with Crippen LogP contribution < -0.4 is 0 Å². The van der Waals surface area contributed by atoms with E-state index in [1.165, 1.54) is 38.8 Å². The zero-order valence-corrected chi connectivity index (χ0v) is 13.4. The lowest BCUT2D eigenvalue weighted by Gasteiger charge is -2.52. The number of hydrogen-bond donors (Lipinski definition) is 0. The molecule has 4 heterocycles. The van der Waals surface area contributed by atoms with Crippen molar-refractivity contribution in [2.24, 2.45) is 11.8 Å². The average Bonchev–Trinajstić information content (AvgIpc) is 3.20. The maximum Gasteiger partial charge on any atom is 0.191 e. The van der Waals surface area contributed by atoms with Crippen LogP contribution in [-0.4, -0.2) is 34.3 Å². The van der Waals surface area contributed by atoms with E-state index in [-0.39, 0.29) is 5.78 Å². The van der Waals surface area contributed by atoms with Gasteiger partial charge in [0.15, 0.2) is 10.8 Å². The molecule has 1 aromatic carbocycles. The number of Topliss-reactive ketones (excluding diaryl/α,β-unsaturated/α-hetero) is 1. The number of nitrogens with zero attached hydrogens (tertiary/aromatic N) is 2. The first-order valence-electron chi connectivity index (χ1n) is 8.40. The van der Waals surface area contributed by atoms with Crippen molar-refractivity contribution in [3.8, 4) is 0 Å². The molecule has 3 saturated heterocycles. The van der Waals surface area contributed by atoms with Crippen LogP contribution in [0.1, 0.15) is 41.9 Å². The summed E-state index contributed by atoms with van der Waals surface area (Å²) in [4.78, 5) is 20.1. The molecule has 1 saturated carbocycles. The number of hydrogen-bond acceptors (Lipinski definition) is 4. The second-order valence-corrected chi connectivity index (χ2v) is 8.18. The van der Waals surface area contributed by atoms with E-state index in [4.69, 9.17) is 0 Å². The van der Waals surface area contributed by atoms with Gasteiger partial charge in [-0.05, 0) is 62.7 Å². The molecule has 4 heteroatoms. The van der Waals surface area contributed by atoms with Crippen LogP contribution in [0, 0.1) is 11.8 Å². The molecule has 3 aliphatic heterocycles. The van der Waals surface area contributed by atoms with Gasteiger partial charge in [0.1, 0.15) is 0 Å². The average molecular weight is 312 g/mol. The second-order valence-electron chi connectivity index (χ2n) is 7.15. The zero-order valence-electron chi connectivity index (χ0n) is 12.6. The van der Waals surface area contributed by atoms with Crippen molar-refractivity contribution in [2.45, 2.75) is 37.6 Å². The van der Waals surface area contributed by atoms with Crippen molar-refractivity contribution in [3.63, 3.8) is 0 Å². The largest absolute Gasteiger partial charge is 0.297 e. The molecule has 1 aliphatic carbocycles. The molecule has 2 aromatic rings. The Morgan fingerprint density at radius 3 is 2.77 bits per heavy atom. The molecule has 4 aliphatic rings. The number of ketones is 1. The second kappa shape index (κ2) is 4.62. The molecule has 0 unspecified atom stereocenters. The van der Waals surface area contributed by atoms with E-state index in [2.05, 4.69) is 16.0 Å². The van der Waals surface area contributed by atoms with E-state index < -0.39 is 0 Å². The molecule has 0 radical (unpaired) electrons. The Labute approximate surface area is 134 Å². The number of carbonyl (C=O) groups is 1. The highest BCUT2D eigenvalue weighted by Crippen LogP contribution is 2.58. The molecule has 1 spiro atoms. The fourth-order valence-electron chi connectivity index (χ4n) is 4.87. The van der Waals surface area contributed by atoms with Crippen molar-refractivity contribution in [3.05, 3.63) is 29.3 Å². The Bertz CT molecular complexity index is 707. The number of benzene rings is 1. The number of aromatic nitrogens is 1. The minimum Gasteiger partial charge on any atom is -0.297 e. The molecule has 0 amide bonds. The molecule has 1 atom stereocenters. The van der Waals surface area contributed by atoms with Gasteiger partial charge in [-0.1, -0.05) is 12.1 Å². The van der Waals surface area contributed by atoms with Gasteiger partial charge < -0.3 is 0 Å². The van der Waals surface area contributed by atoms with Gasteiger partial charge in [0.2, 0.25) is 0 Å². The number of thiazole rings is 1. The van der Waals surface area contributed by atoms with Gasteiger partial charge in [0, 0.05) is 12.0 Å². The Morgan fingerprint density at radius 2 is 2.05 bits per heavy atom. The Kier molecular flexibility index (Phi) is 2.77. The van der Waals surface area contributed by atoms with Gasteiger partial charge in [-0.3, -0.25) is 9.69 Å². The highest BCUT2D eigenvalue weighted by atomic mass is 32.1. The summed E-state index contributed by atoms with van der Waals surface area (Å²) >= 11 is 1.56. The topological polar surface area (TPSA) is 33.2 Å². The normalized spacial score (nSPS) is 31.7. The smallest absolute Gasteiger partial charge is 0.191 e. The van der Waals surface area contributed by atoms with Gasteiger partial charge in [-0.2, -0.15) is 0 Å². The quantitative estimate of drug-likeness (QED) is 0.809. The van der Waals surface area contributed by atoms with Crippen molar-refractivity contribution in [2.75, 3.05) is 13.1 Å². The van der Waals surface area contributed by atoms with Crippen molar-refractivity contribution in [1.29, 1.82) is 0 Å². The minimum atomic E-state index is 0.270. The van der Waals surface area contributed by atoms with E-state index in [0.29, 0.717) is 22.9 Å². The lowest BCUT2D eigenvalue weighted by molar-refractivity contribution is -0.0274. The maximum atomic E-state index is 12.8. The minimum absolute atomic E-state index is 0.270. The van der Waals surface area contributed by atoms with Gasteiger partial charge in [0.25, 0.3) is 0 Å². The summed E-state index contributed by atoms with van der Waals surface area (Å²) in [7, 11) is 0. The number of carbonyl (C=O) groups excluding carboxylic acids is 1. The van der Waals surface area contributed by atoms with Crippen LogP contribution in [0.2, 0.25) is 0 Å². The third-order valence-corrected chi connectivity index (χ3v) is 7.21. The summed E-state index contributed by atoms with van der Waals surface area (Å²) in [5.74, 6) is 1.62.